The van der Waals surface area contributed by atoms with Gasteiger partial charge in [-0.2, -0.15) is 0 Å². The highest BCUT2D eigenvalue weighted by Gasteiger charge is 2.57. The van der Waals surface area contributed by atoms with Crippen LogP contribution in [0.4, 0.5) is 0 Å². The first-order chi connectivity index (χ1) is 10.5. The molecule has 0 radical (unpaired) electrons. The number of hydrogen-bond acceptors (Lipinski definition) is 3. The number of hydrogen-bond donors (Lipinski definition) is 2. The van der Waals surface area contributed by atoms with E-state index in [1.807, 2.05) is 13.8 Å². The first-order valence-electron chi connectivity index (χ1n) is 8.43. The Hall–Kier alpha value is -1.65. The van der Waals surface area contributed by atoms with Crippen LogP contribution < -0.4 is 11.0 Å². The molecular weight excluding hydrogens is 276 g/mol. The highest BCUT2D eigenvalue weighted by molar-refractivity contribution is 5.91. The monoisotopic (exact) mass is 300 g/mol. The Kier molecular flexibility index (Phi) is 2.81. The van der Waals surface area contributed by atoms with Gasteiger partial charge in [-0.1, -0.05) is 0 Å². The van der Waals surface area contributed by atoms with Gasteiger partial charge in [-0.25, -0.2) is 0 Å². The molecule has 5 heteroatoms. The molecule has 0 aliphatic heterocycles. The van der Waals surface area contributed by atoms with E-state index in [1.165, 1.54) is 25.7 Å². The molecule has 3 fully saturated rings. The molecule has 0 saturated heterocycles. The van der Waals surface area contributed by atoms with Gasteiger partial charge in [-0.15, -0.1) is 0 Å². The second-order valence-corrected chi connectivity index (χ2v) is 7.49. The lowest BCUT2D eigenvalue weighted by atomic mass is 9.98. The third kappa shape index (κ3) is 1.94. The summed E-state index contributed by atoms with van der Waals surface area (Å²) in [5.41, 5.74) is 1.52. The molecule has 1 aromatic rings. The second kappa shape index (κ2) is 4.43. The van der Waals surface area contributed by atoms with E-state index in [1.54, 1.807) is 9.13 Å². The predicted molar refractivity (Wildman–Crippen MR) is 84.3 cm³/mol. The minimum Gasteiger partial charge on any atom is -0.308 e. The van der Waals surface area contributed by atoms with Gasteiger partial charge in [0, 0.05) is 23.3 Å². The third-order valence-corrected chi connectivity index (χ3v) is 5.92. The summed E-state index contributed by atoms with van der Waals surface area (Å²) in [6.07, 6.45) is 6.88. The fraction of sp³-hybridized carbons (Fsp3) is 0.706. The normalized spacial score (nSPS) is 22.6. The van der Waals surface area contributed by atoms with Crippen LogP contribution in [0.3, 0.4) is 0 Å². The Morgan fingerprint density at radius 2 is 1.82 bits per heavy atom. The molecule has 1 aromatic heterocycles. The molecule has 4 rings (SSSR count). The highest BCUT2D eigenvalue weighted by atomic mass is 16.1. The van der Waals surface area contributed by atoms with E-state index in [-0.39, 0.29) is 16.5 Å². The lowest BCUT2D eigenvalue weighted by Gasteiger charge is -2.23. The molecule has 0 bridgehead atoms. The zero-order valence-electron chi connectivity index (χ0n) is 13.4. The fourth-order valence-electron chi connectivity index (χ4n) is 3.79. The van der Waals surface area contributed by atoms with Crippen LogP contribution in [0.1, 0.15) is 49.9 Å². The van der Waals surface area contributed by atoms with Gasteiger partial charge < -0.3 is 4.57 Å². The van der Waals surface area contributed by atoms with Crippen molar-refractivity contribution >= 4 is 5.84 Å². The van der Waals surface area contributed by atoms with Gasteiger partial charge >= 0.3 is 0 Å². The van der Waals surface area contributed by atoms with E-state index in [4.69, 9.17) is 10.8 Å². The Balaban J connectivity index is 1.81. The first kappa shape index (κ1) is 14.0. The molecule has 3 aliphatic carbocycles. The summed E-state index contributed by atoms with van der Waals surface area (Å²) in [5.74, 6) is 1.71. The highest BCUT2D eigenvalue weighted by Crippen LogP contribution is 2.62. The largest absolute Gasteiger partial charge is 0.308 e. The smallest absolute Gasteiger partial charge is 0.293 e. The molecule has 2 N–H and O–H groups in total. The van der Waals surface area contributed by atoms with Crippen LogP contribution in [0.5, 0.6) is 0 Å². The van der Waals surface area contributed by atoms with Crippen LogP contribution in [0.15, 0.2) is 4.79 Å². The maximum absolute atomic E-state index is 12.6. The lowest BCUT2D eigenvalue weighted by Crippen LogP contribution is -2.48. The molecule has 118 valence electrons. The Labute approximate surface area is 130 Å². The van der Waals surface area contributed by atoms with E-state index in [0.717, 1.165) is 30.8 Å². The lowest BCUT2D eigenvalue weighted by molar-refractivity contribution is 0.543. The van der Waals surface area contributed by atoms with Crippen molar-refractivity contribution in [2.24, 2.45) is 17.3 Å². The minimum absolute atomic E-state index is 0.0272. The van der Waals surface area contributed by atoms with Gasteiger partial charge in [-0.3, -0.25) is 20.2 Å². The molecule has 5 nitrogen and oxygen atoms in total. The topological polar surface area (TPSA) is 74.6 Å². The third-order valence-electron chi connectivity index (χ3n) is 5.92. The summed E-state index contributed by atoms with van der Waals surface area (Å²) in [5, 5.41) is 17.0. The Morgan fingerprint density at radius 1 is 1.18 bits per heavy atom. The SMILES string of the molecule is Cc1c(C)n(C(=N)C2(C3CC3)CC2)c(=N)c(=O)n1CC1CC1. The van der Waals surface area contributed by atoms with Gasteiger partial charge in [0.05, 0.1) is 0 Å². The van der Waals surface area contributed by atoms with Crippen molar-refractivity contribution in [1.29, 1.82) is 10.8 Å². The van der Waals surface area contributed by atoms with Crippen LogP contribution in [-0.2, 0) is 6.54 Å². The van der Waals surface area contributed by atoms with E-state index in [0.29, 0.717) is 17.7 Å². The summed E-state index contributed by atoms with van der Waals surface area (Å²) >= 11 is 0. The maximum Gasteiger partial charge on any atom is 0.293 e. The van der Waals surface area contributed by atoms with Crippen molar-refractivity contribution in [2.45, 2.75) is 58.9 Å². The molecule has 0 spiro atoms. The molecule has 3 aliphatic rings. The molecule has 0 amide bonds. The molecule has 0 atom stereocenters. The molecule has 0 aromatic carbocycles. The standard InChI is InChI=1S/C17H24N4O/c1-10-11(2)21(16(19)17(7-8-17)13-5-6-13)14(18)15(22)20(10)9-12-3-4-12/h12-13,18-19H,3-9H2,1-2H3. The maximum atomic E-state index is 12.6. The quantitative estimate of drug-likeness (QED) is 0.649. The molecule has 3 saturated carbocycles. The summed E-state index contributed by atoms with van der Waals surface area (Å²) in [6, 6.07) is 0. The van der Waals surface area contributed by atoms with Crippen LogP contribution in [0.25, 0.3) is 0 Å². The van der Waals surface area contributed by atoms with Crippen molar-refractivity contribution in [2.75, 3.05) is 0 Å². The fourth-order valence-corrected chi connectivity index (χ4v) is 3.79. The molecule has 0 unspecified atom stereocenters. The summed E-state index contributed by atoms with van der Waals surface area (Å²) < 4.78 is 3.39. The summed E-state index contributed by atoms with van der Waals surface area (Å²) in [4.78, 5) is 12.6. The van der Waals surface area contributed by atoms with Crippen LogP contribution in [-0.4, -0.2) is 15.0 Å². The van der Waals surface area contributed by atoms with Crippen LogP contribution in [0.2, 0.25) is 0 Å². The average molecular weight is 300 g/mol. The van der Waals surface area contributed by atoms with Gasteiger partial charge in [0.25, 0.3) is 5.56 Å². The van der Waals surface area contributed by atoms with Crippen molar-refractivity contribution in [3.8, 4) is 0 Å². The molecule has 1 heterocycles. The van der Waals surface area contributed by atoms with Gasteiger partial charge in [0.2, 0.25) is 0 Å². The second-order valence-electron chi connectivity index (χ2n) is 7.49. The van der Waals surface area contributed by atoms with Crippen molar-refractivity contribution < 1.29 is 0 Å². The van der Waals surface area contributed by atoms with E-state index < -0.39 is 0 Å². The van der Waals surface area contributed by atoms with Crippen molar-refractivity contribution in [1.82, 2.24) is 9.13 Å². The van der Waals surface area contributed by atoms with Gasteiger partial charge in [0.1, 0.15) is 5.84 Å². The van der Waals surface area contributed by atoms with Crippen LogP contribution >= 0.6 is 0 Å². The number of nitrogens with zero attached hydrogens (tertiary/aromatic N) is 2. The van der Waals surface area contributed by atoms with Crippen LogP contribution in [0, 0.1) is 41.9 Å². The number of nitrogens with one attached hydrogen (secondary N) is 2. The van der Waals surface area contributed by atoms with E-state index in [9.17, 15) is 4.79 Å². The average Bonchev–Trinajstić information content (AvgIpc) is 3.36. The van der Waals surface area contributed by atoms with E-state index in [2.05, 4.69) is 0 Å². The van der Waals surface area contributed by atoms with Gasteiger partial charge in [0.15, 0.2) is 5.49 Å². The van der Waals surface area contributed by atoms with Crippen molar-refractivity contribution in [3.63, 3.8) is 0 Å². The number of aromatic nitrogens is 2. The Bertz CT molecular complexity index is 773. The first-order valence-corrected chi connectivity index (χ1v) is 8.43. The summed E-state index contributed by atoms with van der Waals surface area (Å²) in [6.45, 7) is 4.64. The molecular formula is C17H24N4O. The predicted octanol–water partition coefficient (Wildman–Crippen LogP) is 2.17. The van der Waals surface area contributed by atoms with Gasteiger partial charge in [-0.05, 0) is 64.2 Å². The van der Waals surface area contributed by atoms with E-state index >= 15 is 0 Å². The van der Waals surface area contributed by atoms with Crippen molar-refractivity contribution in [3.05, 3.63) is 27.2 Å². The molecule has 22 heavy (non-hydrogen) atoms. The minimum atomic E-state index is -0.230. The Morgan fingerprint density at radius 3 is 2.32 bits per heavy atom. The zero-order chi connectivity index (χ0) is 15.6. The zero-order valence-corrected chi connectivity index (χ0v) is 13.4. The number of rotatable bonds is 4. The summed E-state index contributed by atoms with van der Waals surface area (Å²) in [7, 11) is 0.